The molecule has 1 aliphatic heterocycles. The first-order chi connectivity index (χ1) is 13.0. The van der Waals surface area contributed by atoms with E-state index in [-0.39, 0.29) is 5.69 Å². The number of primary amides is 1. The third-order valence-corrected chi connectivity index (χ3v) is 5.03. The Morgan fingerprint density at radius 3 is 2.93 bits per heavy atom. The fourth-order valence-corrected chi connectivity index (χ4v) is 3.53. The molecule has 7 nitrogen and oxygen atoms in total. The first-order valence-corrected chi connectivity index (χ1v) is 9.05. The van der Waals surface area contributed by atoms with Gasteiger partial charge in [-0.2, -0.15) is 5.10 Å². The van der Waals surface area contributed by atoms with E-state index in [0.717, 1.165) is 53.9 Å². The van der Waals surface area contributed by atoms with Crippen LogP contribution in [0.4, 0.5) is 0 Å². The highest BCUT2D eigenvalue weighted by molar-refractivity contribution is 6.00. The number of aromatic nitrogens is 3. The largest absolute Gasteiger partial charge is 0.379 e. The van der Waals surface area contributed by atoms with E-state index in [9.17, 15) is 4.79 Å². The highest BCUT2D eigenvalue weighted by atomic mass is 16.5. The lowest BCUT2D eigenvalue weighted by molar-refractivity contribution is -0.00435. The van der Waals surface area contributed by atoms with E-state index in [2.05, 4.69) is 34.0 Å². The van der Waals surface area contributed by atoms with Gasteiger partial charge < -0.3 is 10.5 Å². The number of fused-ring (bicyclic) bond motifs is 1. The van der Waals surface area contributed by atoms with Gasteiger partial charge in [-0.3, -0.25) is 14.4 Å². The number of nitrogens with two attached hydrogens (primary N) is 1. The first kappa shape index (κ1) is 17.6. The molecule has 140 valence electrons. The molecular formula is C20H23N5O2. The van der Waals surface area contributed by atoms with Gasteiger partial charge in [0.15, 0.2) is 0 Å². The number of morpholine rings is 1. The normalized spacial score (nSPS) is 18.1. The lowest BCUT2D eigenvalue weighted by Gasteiger charge is -2.33. The molecule has 1 atom stereocenters. The van der Waals surface area contributed by atoms with Crippen molar-refractivity contribution in [3.05, 3.63) is 47.9 Å². The van der Waals surface area contributed by atoms with E-state index in [1.165, 1.54) is 0 Å². The predicted molar refractivity (Wildman–Crippen MR) is 103 cm³/mol. The summed E-state index contributed by atoms with van der Waals surface area (Å²) in [6.45, 7) is 5.42. The molecule has 1 aliphatic rings. The number of pyridine rings is 1. The summed E-state index contributed by atoms with van der Waals surface area (Å²) in [6.07, 6.45) is 3.70. The lowest BCUT2D eigenvalue weighted by atomic mass is 10.0. The molecular weight excluding hydrogens is 342 g/mol. The number of hydrogen-bond donors (Lipinski definition) is 1. The minimum Gasteiger partial charge on any atom is -0.379 e. The van der Waals surface area contributed by atoms with Gasteiger partial charge in [0, 0.05) is 43.3 Å². The van der Waals surface area contributed by atoms with Crippen molar-refractivity contribution in [1.82, 2.24) is 19.7 Å². The Morgan fingerprint density at radius 2 is 2.22 bits per heavy atom. The minimum absolute atomic E-state index is 0.262. The number of carbonyl (C=O) groups is 1. The lowest BCUT2D eigenvalue weighted by Crippen LogP contribution is -2.42. The first-order valence-electron chi connectivity index (χ1n) is 9.05. The molecule has 1 fully saturated rings. The SMILES string of the molecule is CC1COCCN1Cc1ccc2c(-c3cnn(C)c3)cc(C(N)=O)nc2c1. The number of benzene rings is 1. The summed E-state index contributed by atoms with van der Waals surface area (Å²) in [5, 5.41) is 5.22. The summed E-state index contributed by atoms with van der Waals surface area (Å²) in [4.78, 5) is 18.7. The Bertz CT molecular complexity index is 997. The molecule has 0 radical (unpaired) electrons. The summed E-state index contributed by atoms with van der Waals surface area (Å²) in [7, 11) is 1.86. The summed E-state index contributed by atoms with van der Waals surface area (Å²) < 4.78 is 7.25. The van der Waals surface area contributed by atoms with Crippen LogP contribution in [0.2, 0.25) is 0 Å². The molecule has 0 spiro atoms. The predicted octanol–water partition coefficient (Wildman–Crippen LogP) is 1.95. The number of aryl methyl sites for hydroxylation is 1. The van der Waals surface area contributed by atoms with Crippen molar-refractivity contribution in [1.29, 1.82) is 0 Å². The van der Waals surface area contributed by atoms with Crippen molar-refractivity contribution in [2.75, 3.05) is 19.8 Å². The monoisotopic (exact) mass is 365 g/mol. The zero-order valence-corrected chi connectivity index (χ0v) is 15.6. The van der Waals surface area contributed by atoms with Crippen LogP contribution in [0.1, 0.15) is 23.0 Å². The Balaban J connectivity index is 1.77. The van der Waals surface area contributed by atoms with Gasteiger partial charge in [0.2, 0.25) is 0 Å². The minimum atomic E-state index is -0.533. The number of amides is 1. The summed E-state index contributed by atoms with van der Waals surface area (Å²) in [6, 6.07) is 8.35. The van der Waals surface area contributed by atoms with Crippen molar-refractivity contribution >= 4 is 16.8 Å². The van der Waals surface area contributed by atoms with Crippen LogP contribution < -0.4 is 5.73 Å². The molecule has 27 heavy (non-hydrogen) atoms. The van der Waals surface area contributed by atoms with Crippen LogP contribution in [0.3, 0.4) is 0 Å². The average Bonchev–Trinajstić information content (AvgIpc) is 3.08. The van der Waals surface area contributed by atoms with Gasteiger partial charge in [-0.1, -0.05) is 12.1 Å². The quantitative estimate of drug-likeness (QED) is 0.764. The second-order valence-electron chi connectivity index (χ2n) is 7.07. The molecule has 3 heterocycles. The van der Waals surface area contributed by atoms with Crippen LogP contribution in [-0.2, 0) is 18.3 Å². The average molecular weight is 365 g/mol. The molecule has 2 N–H and O–H groups in total. The van der Waals surface area contributed by atoms with Crippen LogP contribution in [-0.4, -0.2) is 51.4 Å². The van der Waals surface area contributed by atoms with Crippen LogP contribution in [0, 0.1) is 0 Å². The Morgan fingerprint density at radius 1 is 1.37 bits per heavy atom. The molecule has 0 aliphatic carbocycles. The van der Waals surface area contributed by atoms with Crippen molar-refractivity contribution in [2.45, 2.75) is 19.5 Å². The zero-order chi connectivity index (χ0) is 19.0. The van der Waals surface area contributed by atoms with Crippen LogP contribution in [0.25, 0.3) is 22.0 Å². The Kier molecular flexibility index (Phi) is 4.63. The van der Waals surface area contributed by atoms with Crippen LogP contribution in [0.15, 0.2) is 36.7 Å². The second kappa shape index (κ2) is 7.09. The van der Waals surface area contributed by atoms with Crippen molar-refractivity contribution in [2.24, 2.45) is 12.8 Å². The van der Waals surface area contributed by atoms with Crippen LogP contribution in [0.5, 0.6) is 0 Å². The highest BCUT2D eigenvalue weighted by Gasteiger charge is 2.19. The van der Waals surface area contributed by atoms with Gasteiger partial charge >= 0.3 is 0 Å². The number of carbonyl (C=O) groups excluding carboxylic acids is 1. The number of rotatable bonds is 4. The maximum Gasteiger partial charge on any atom is 0.267 e. The van der Waals surface area contributed by atoms with Crippen molar-refractivity contribution in [3.63, 3.8) is 0 Å². The summed E-state index contributed by atoms with van der Waals surface area (Å²) in [5.74, 6) is -0.533. The number of ether oxygens (including phenoxy) is 1. The molecule has 3 aromatic rings. The highest BCUT2D eigenvalue weighted by Crippen LogP contribution is 2.29. The third kappa shape index (κ3) is 3.56. The fourth-order valence-electron chi connectivity index (χ4n) is 3.53. The van der Waals surface area contributed by atoms with Gasteiger partial charge in [-0.25, -0.2) is 4.98 Å². The number of nitrogens with zero attached hydrogens (tertiary/aromatic N) is 4. The number of hydrogen-bond acceptors (Lipinski definition) is 5. The van der Waals surface area contributed by atoms with Gasteiger partial charge in [0.25, 0.3) is 5.91 Å². The molecule has 1 saturated heterocycles. The van der Waals surface area contributed by atoms with Crippen LogP contribution >= 0.6 is 0 Å². The zero-order valence-electron chi connectivity index (χ0n) is 15.6. The molecule has 1 unspecified atom stereocenters. The summed E-state index contributed by atoms with van der Waals surface area (Å²) >= 11 is 0. The summed E-state index contributed by atoms with van der Waals surface area (Å²) in [5.41, 5.74) is 9.55. The Hall–Kier alpha value is -2.77. The topological polar surface area (TPSA) is 86.3 Å². The van der Waals surface area contributed by atoms with E-state index in [4.69, 9.17) is 10.5 Å². The van der Waals surface area contributed by atoms with Crippen molar-refractivity contribution < 1.29 is 9.53 Å². The molecule has 4 rings (SSSR count). The molecule has 0 bridgehead atoms. The fraction of sp³-hybridized carbons (Fsp3) is 0.350. The van der Waals surface area contributed by atoms with E-state index in [1.54, 1.807) is 16.9 Å². The third-order valence-electron chi connectivity index (χ3n) is 5.03. The van der Waals surface area contributed by atoms with E-state index < -0.39 is 5.91 Å². The van der Waals surface area contributed by atoms with Crippen molar-refractivity contribution in [3.8, 4) is 11.1 Å². The van der Waals surface area contributed by atoms with E-state index in [0.29, 0.717) is 6.04 Å². The van der Waals surface area contributed by atoms with Gasteiger partial charge in [-0.15, -0.1) is 0 Å². The maximum atomic E-state index is 11.8. The van der Waals surface area contributed by atoms with Gasteiger partial charge in [0.05, 0.1) is 24.9 Å². The molecule has 0 saturated carbocycles. The van der Waals surface area contributed by atoms with E-state index >= 15 is 0 Å². The molecule has 1 amide bonds. The second-order valence-corrected chi connectivity index (χ2v) is 7.07. The Labute approximate surface area is 157 Å². The van der Waals surface area contributed by atoms with E-state index in [1.807, 2.05) is 19.3 Å². The standard InChI is InChI=1S/C20H23N5O2/c1-13-12-27-6-5-25(13)10-14-3-4-16-17(15-9-22-24(2)11-15)8-19(20(21)26)23-18(16)7-14/h3-4,7-9,11,13H,5-6,10,12H2,1-2H3,(H2,21,26). The molecule has 2 aromatic heterocycles. The van der Waals surface area contributed by atoms with Gasteiger partial charge in [0.1, 0.15) is 5.69 Å². The maximum absolute atomic E-state index is 11.8. The molecule has 1 aromatic carbocycles. The molecule has 7 heteroatoms. The van der Waals surface area contributed by atoms with Gasteiger partial charge in [-0.05, 0) is 30.2 Å². The smallest absolute Gasteiger partial charge is 0.267 e.